The third kappa shape index (κ3) is 9.03. The van der Waals surface area contributed by atoms with Crippen LogP contribution >= 0.6 is 23.2 Å². The lowest BCUT2D eigenvalue weighted by Crippen LogP contribution is -2.26. The quantitative estimate of drug-likeness (QED) is 0.0690. The van der Waals surface area contributed by atoms with Gasteiger partial charge in [0.2, 0.25) is 11.8 Å². The first-order valence-corrected chi connectivity index (χ1v) is 17.5. The monoisotopic (exact) mass is 766 g/mol. The van der Waals surface area contributed by atoms with Crippen molar-refractivity contribution in [2.75, 3.05) is 0 Å². The lowest BCUT2D eigenvalue weighted by Gasteiger charge is -2.13. The number of fused-ring (bicyclic) bond motifs is 2. The van der Waals surface area contributed by atoms with Gasteiger partial charge in [-0.1, -0.05) is 71.7 Å². The number of pyridine rings is 2. The van der Waals surface area contributed by atoms with Gasteiger partial charge in [0.25, 0.3) is 11.1 Å². The number of esters is 1. The summed E-state index contributed by atoms with van der Waals surface area (Å²) < 4.78 is 5.62. The summed E-state index contributed by atoms with van der Waals surface area (Å²) in [6.07, 6.45) is 1.54. The molecule has 0 bridgehead atoms. The van der Waals surface area contributed by atoms with Gasteiger partial charge < -0.3 is 30.4 Å². The van der Waals surface area contributed by atoms with Crippen LogP contribution in [0.25, 0.3) is 21.8 Å². The van der Waals surface area contributed by atoms with Crippen molar-refractivity contribution in [1.82, 2.24) is 20.6 Å². The number of aromatic amines is 2. The highest BCUT2D eigenvalue weighted by atomic mass is 35.5. The summed E-state index contributed by atoms with van der Waals surface area (Å²) in [7, 11) is 0. The van der Waals surface area contributed by atoms with Crippen molar-refractivity contribution in [3.8, 4) is 5.75 Å². The largest absolute Gasteiger partial charge is 0.477 e. The number of aryl methyl sites for hydroxylation is 1. The Balaban J connectivity index is 1.12. The molecule has 6 aromatic rings. The third-order valence-electron chi connectivity index (χ3n) is 8.64. The molecule has 0 unspecified atom stereocenters. The number of halogens is 2. The van der Waals surface area contributed by atoms with Crippen LogP contribution < -0.4 is 26.5 Å². The molecular weight excluding hydrogens is 735 g/mol. The predicted octanol–water partition coefficient (Wildman–Crippen LogP) is 6.09. The Kier molecular flexibility index (Phi) is 11.5. The second-order valence-corrected chi connectivity index (χ2v) is 13.3. The van der Waals surface area contributed by atoms with E-state index in [2.05, 4.69) is 20.6 Å². The van der Waals surface area contributed by atoms with E-state index in [4.69, 9.17) is 27.9 Å². The van der Waals surface area contributed by atoms with Crippen LogP contribution in [0.2, 0.25) is 10.0 Å². The van der Waals surface area contributed by atoms with Gasteiger partial charge in [-0.05, 0) is 72.0 Å². The maximum absolute atomic E-state index is 13.4. The van der Waals surface area contributed by atoms with Gasteiger partial charge in [-0.15, -0.1) is 0 Å². The first-order chi connectivity index (χ1) is 25.9. The Labute approximate surface area is 317 Å². The fourth-order valence-electron chi connectivity index (χ4n) is 6.01. The number of H-pyrrole nitrogens is 2. The summed E-state index contributed by atoms with van der Waals surface area (Å²) in [5.41, 5.74) is 0.951. The highest BCUT2D eigenvalue weighted by molar-refractivity contribution is 6.31. The van der Waals surface area contributed by atoms with Crippen molar-refractivity contribution in [2.24, 2.45) is 0 Å². The first-order valence-electron chi connectivity index (χ1n) is 16.8. The maximum atomic E-state index is 13.4. The number of carbonyl (C=O) groups is 4. The molecule has 0 aliphatic rings. The van der Waals surface area contributed by atoms with Crippen LogP contribution in [0.1, 0.15) is 55.8 Å². The second-order valence-electron chi connectivity index (χ2n) is 12.5. The van der Waals surface area contributed by atoms with Gasteiger partial charge in [0, 0.05) is 45.9 Å². The number of amides is 2. The lowest BCUT2D eigenvalue weighted by atomic mass is 10.1. The number of carboxylic acid groups (broad SMARTS) is 1. The fourth-order valence-corrected chi connectivity index (χ4v) is 6.51. The minimum absolute atomic E-state index is 0.0534. The Bertz CT molecular complexity index is 2550. The van der Waals surface area contributed by atoms with Gasteiger partial charge in [0.05, 0.1) is 17.5 Å². The summed E-state index contributed by atoms with van der Waals surface area (Å²) in [5, 5.41) is 16.3. The van der Waals surface area contributed by atoms with Crippen LogP contribution in [0, 0.1) is 0 Å². The van der Waals surface area contributed by atoms with E-state index in [1.54, 1.807) is 30.3 Å². The molecule has 0 atom stereocenters. The summed E-state index contributed by atoms with van der Waals surface area (Å²) in [6, 6.07) is 25.0. The number of aromatic nitrogens is 2. The molecule has 274 valence electrons. The Hall–Kier alpha value is -6.24. The van der Waals surface area contributed by atoms with Gasteiger partial charge in [0.1, 0.15) is 16.9 Å². The molecular formula is C40H32Cl2N4O8. The van der Waals surface area contributed by atoms with Gasteiger partial charge in [0.15, 0.2) is 0 Å². The van der Waals surface area contributed by atoms with Gasteiger partial charge in [-0.3, -0.25) is 19.2 Å². The summed E-state index contributed by atoms with van der Waals surface area (Å²) in [4.78, 5) is 81.2. The first kappa shape index (κ1) is 37.5. The van der Waals surface area contributed by atoms with Crippen LogP contribution in [-0.2, 0) is 35.5 Å². The molecule has 2 amide bonds. The van der Waals surface area contributed by atoms with E-state index in [1.807, 2.05) is 30.3 Å². The molecule has 5 N–H and O–H groups in total. The molecule has 2 aromatic heterocycles. The van der Waals surface area contributed by atoms with Crippen molar-refractivity contribution in [3.63, 3.8) is 0 Å². The zero-order valence-electron chi connectivity index (χ0n) is 28.5. The van der Waals surface area contributed by atoms with Crippen LogP contribution in [0.5, 0.6) is 5.75 Å². The molecule has 0 saturated heterocycles. The Morgan fingerprint density at radius 3 is 1.85 bits per heavy atom. The van der Waals surface area contributed by atoms with E-state index in [1.165, 1.54) is 30.3 Å². The molecule has 0 aliphatic heterocycles. The number of carbonyl (C=O) groups excluding carboxylic acids is 3. The van der Waals surface area contributed by atoms with Crippen molar-refractivity contribution in [3.05, 3.63) is 155 Å². The summed E-state index contributed by atoms with van der Waals surface area (Å²) >= 11 is 12.6. The van der Waals surface area contributed by atoms with Crippen molar-refractivity contribution >= 4 is 68.8 Å². The summed E-state index contributed by atoms with van der Waals surface area (Å²) in [6.45, 7) is 0.0443. The smallest absolute Gasteiger partial charge is 0.349 e. The molecule has 0 saturated carbocycles. The van der Waals surface area contributed by atoms with Gasteiger partial charge in [-0.2, -0.15) is 0 Å². The highest BCUT2D eigenvalue weighted by Gasteiger charge is 2.20. The average molecular weight is 768 g/mol. The van der Waals surface area contributed by atoms with E-state index < -0.39 is 34.5 Å². The standard InChI is InChI=1S/C40H32Cl2N4O8/c41-28-13-24-17-30(39(51)52)37(49)45-35(24)27(16-28)21-44-34(48)19-23-10-4-5-11-32(23)54-40(53)31-18-25-14-29(42)15-26(36(25)46-38(31)50)20-43-33(47)12-6-9-22-7-2-1-3-8-22/h1-5,7-8,10-11,13-18H,6,9,12,19-21H2,(H,43,47)(H,44,48)(H,45,49)(H,46,50)(H,51,52). The van der Waals surface area contributed by atoms with E-state index in [9.17, 15) is 33.9 Å². The summed E-state index contributed by atoms with van der Waals surface area (Å²) in [5.74, 6) is -2.92. The van der Waals surface area contributed by atoms with Gasteiger partial charge >= 0.3 is 11.9 Å². The minimum Gasteiger partial charge on any atom is -0.477 e. The molecule has 0 aliphatic carbocycles. The fraction of sp³-hybridized carbons (Fsp3) is 0.150. The molecule has 0 spiro atoms. The number of para-hydroxylation sites is 1. The molecule has 4 aromatic carbocycles. The number of hydrogen-bond donors (Lipinski definition) is 5. The van der Waals surface area contributed by atoms with Crippen molar-refractivity contribution < 1.29 is 29.0 Å². The van der Waals surface area contributed by atoms with Crippen molar-refractivity contribution in [2.45, 2.75) is 38.8 Å². The number of aromatic carboxylic acids is 1. The molecule has 6 rings (SSSR count). The van der Waals surface area contributed by atoms with E-state index in [-0.39, 0.29) is 41.8 Å². The topological polar surface area (TPSA) is 188 Å². The number of carboxylic acids is 1. The van der Waals surface area contributed by atoms with Gasteiger partial charge in [-0.25, -0.2) is 9.59 Å². The number of ether oxygens (including phenoxy) is 1. The van der Waals surface area contributed by atoms with E-state index >= 15 is 0 Å². The number of hydrogen-bond acceptors (Lipinski definition) is 7. The number of rotatable bonds is 13. The Morgan fingerprint density at radius 2 is 1.22 bits per heavy atom. The SMILES string of the molecule is O=C(CCCc1ccccc1)NCc1cc(Cl)cc2cc(C(=O)Oc3ccccc3CC(=O)NCc3cc(Cl)cc4cc(C(=O)O)c(=O)[nH]c34)c(=O)[nH]c12. The molecule has 54 heavy (non-hydrogen) atoms. The zero-order valence-corrected chi connectivity index (χ0v) is 30.0. The van der Waals surface area contributed by atoms with E-state index in [0.717, 1.165) is 12.0 Å². The third-order valence-corrected chi connectivity index (χ3v) is 9.07. The van der Waals surface area contributed by atoms with Crippen LogP contribution in [0.3, 0.4) is 0 Å². The molecule has 0 radical (unpaired) electrons. The molecule has 14 heteroatoms. The van der Waals surface area contributed by atoms with E-state index in [0.29, 0.717) is 56.4 Å². The Morgan fingerprint density at radius 1 is 0.667 bits per heavy atom. The number of nitrogens with one attached hydrogen (secondary N) is 4. The molecule has 12 nitrogen and oxygen atoms in total. The normalized spacial score (nSPS) is 11.0. The molecule has 2 heterocycles. The second kappa shape index (κ2) is 16.6. The zero-order chi connectivity index (χ0) is 38.4. The lowest BCUT2D eigenvalue weighted by molar-refractivity contribution is -0.121. The van der Waals surface area contributed by atoms with Crippen molar-refractivity contribution in [1.29, 1.82) is 0 Å². The van der Waals surface area contributed by atoms with Crippen LogP contribution in [-0.4, -0.2) is 38.8 Å². The van der Waals surface area contributed by atoms with Crippen LogP contribution in [0.4, 0.5) is 0 Å². The highest BCUT2D eigenvalue weighted by Crippen LogP contribution is 2.25. The molecule has 0 fully saturated rings. The average Bonchev–Trinajstić information content (AvgIpc) is 3.14. The van der Waals surface area contributed by atoms with Crippen LogP contribution in [0.15, 0.2) is 101 Å². The number of benzene rings is 4. The maximum Gasteiger partial charge on any atom is 0.349 e. The predicted molar refractivity (Wildman–Crippen MR) is 204 cm³/mol. The minimum atomic E-state index is -1.39.